The second-order valence-electron chi connectivity index (χ2n) is 7.89. The third-order valence-electron chi connectivity index (χ3n) is 5.85. The molecular weight excluding hydrogens is 420 g/mol. The average molecular weight is 443 g/mol. The first-order valence-electron chi connectivity index (χ1n) is 10.3. The van der Waals surface area contributed by atoms with E-state index in [-0.39, 0.29) is 12.5 Å². The summed E-state index contributed by atoms with van der Waals surface area (Å²) in [5, 5.41) is 15.3. The Morgan fingerprint density at radius 3 is 2.87 bits per heavy atom. The number of ether oxygens (including phenoxy) is 2. The summed E-state index contributed by atoms with van der Waals surface area (Å²) in [5.41, 5.74) is 4.66. The molecule has 5 rings (SSSR count). The highest BCUT2D eigenvalue weighted by molar-refractivity contribution is 6.31. The van der Waals surface area contributed by atoms with Gasteiger partial charge < -0.3 is 19.5 Å². The molecule has 4 heterocycles. The molecule has 3 aromatic rings. The molecule has 0 radical (unpaired) electrons. The summed E-state index contributed by atoms with van der Waals surface area (Å²) in [4.78, 5) is 19.7. The van der Waals surface area contributed by atoms with E-state index in [0.29, 0.717) is 36.0 Å². The number of hydrogen-bond acceptors (Lipinski definition) is 6. The molecule has 1 fully saturated rings. The lowest BCUT2D eigenvalue weighted by Gasteiger charge is -2.21. The molecule has 1 N–H and O–H groups in total. The van der Waals surface area contributed by atoms with Crippen molar-refractivity contribution in [1.29, 1.82) is 0 Å². The van der Waals surface area contributed by atoms with Gasteiger partial charge in [0, 0.05) is 5.56 Å². The summed E-state index contributed by atoms with van der Waals surface area (Å²) in [6.45, 7) is 5.25. The van der Waals surface area contributed by atoms with Crippen LogP contribution in [0.25, 0.3) is 5.65 Å². The number of aromatic nitrogens is 3. The Morgan fingerprint density at radius 1 is 1.32 bits per heavy atom. The Morgan fingerprint density at radius 2 is 2.13 bits per heavy atom. The summed E-state index contributed by atoms with van der Waals surface area (Å²) >= 11 is 6.42. The predicted molar refractivity (Wildman–Crippen MR) is 113 cm³/mol. The number of aliphatic hydroxyl groups is 1. The zero-order valence-corrected chi connectivity index (χ0v) is 18.1. The van der Waals surface area contributed by atoms with E-state index in [1.165, 1.54) is 0 Å². The number of halogens is 1. The molecule has 2 aliphatic rings. The van der Waals surface area contributed by atoms with Crippen LogP contribution in [0.3, 0.4) is 0 Å². The zero-order chi connectivity index (χ0) is 21.7. The van der Waals surface area contributed by atoms with Gasteiger partial charge in [0.1, 0.15) is 18.0 Å². The van der Waals surface area contributed by atoms with Gasteiger partial charge in [0.15, 0.2) is 5.65 Å². The van der Waals surface area contributed by atoms with Crippen LogP contribution in [0, 0.1) is 6.92 Å². The SMILES string of the molecule is CCc1c(Cl)c(C)nc2c3c(nn12)CN(C(=O)c1ccccc1O[C@H]1COC[C@@H]1O)C3. The quantitative estimate of drug-likeness (QED) is 0.668. The molecule has 0 bridgehead atoms. The molecule has 31 heavy (non-hydrogen) atoms. The van der Waals surface area contributed by atoms with Crippen molar-refractivity contribution in [2.75, 3.05) is 13.2 Å². The Labute approximate surface area is 184 Å². The summed E-state index contributed by atoms with van der Waals surface area (Å²) in [6, 6.07) is 7.09. The largest absolute Gasteiger partial charge is 0.484 e. The van der Waals surface area contributed by atoms with Gasteiger partial charge in [-0.05, 0) is 25.5 Å². The van der Waals surface area contributed by atoms with Crippen molar-refractivity contribution < 1.29 is 19.4 Å². The highest BCUT2D eigenvalue weighted by atomic mass is 35.5. The van der Waals surface area contributed by atoms with Gasteiger partial charge in [0.05, 0.1) is 54.0 Å². The van der Waals surface area contributed by atoms with E-state index in [1.54, 1.807) is 33.7 Å². The fraction of sp³-hybridized carbons (Fsp3) is 0.409. The molecule has 1 amide bonds. The van der Waals surface area contributed by atoms with Crippen molar-refractivity contribution in [2.24, 2.45) is 0 Å². The number of rotatable bonds is 4. The van der Waals surface area contributed by atoms with Crippen LogP contribution in [0.1, 0.15) is 39.9 Å². The van der Waals surface area contributed by atoms with E-state index in [0.717, 1.165) is 34.7 Å². The molecule has 0 aliphatic carbocycles. The van der Waals surface area contributed by atoms with Gasteiger partial charge >= 0.3 is 0 Å². The van der Waals surface area contributed by atoms with E-state index < -0.39 is 12.2 Å². The van der Waals surface area contributed by atoms with Crippen LogP contribution in [-0.4, -0.2) is 55.9 Å². The number of aliphatic hydroxyl groups excluding tert-OH is 1. The van der Waals surface area contributed by atoms with Gasteiger partial charge in [-0.2, -0.15) is 5.10 Å². The molecule has 9 heteroatoms. The third kappa shape index (κ3) is 3.35. The first-order chi connectivity index (χ1) is 15.0. The fourth-order valence-corrected chi connectivity index (χ4v) is 4.43. The van der Waals surface area contributed by atoms with Crippen LogP contribution in [0.5, 0.6) is 5.75 Å². The maximum atomic E-state index is 13.3. The Balaban J connectivity index is 1.43. The van der Waals surface area contributed by atoms with Gasteiger partial charge in [-0.1, -0.05) is 30.7 Å². The van der Waals surface area contributed by atoms with Crippen molar-refractivity contribution in [2.45, 2.75) is 45.6 Å². The van der Waals surface area contributed by atoms with Crippen LogP contribution in [0.15, 0.2) is 24.3 Å². The number of carbonyl (C=O) groups excluding carboxylic acids is 1. The van der Waals surface area contributed by atoms with Crippen molar-refractivity contribution >= 4 is 23.2 Å². The smallest absolute Gasteiger partial charge is 0.258 e. The van der Waals surface area contributed by atoms with Gasteiger partial charge in [-0.3, -0.25) is 4.79 Å². The van der Waals surface area contributed by atoms with Gasteiger partial charge in [-0.25, -0.2) is 9.50 Å². The molecule has 1 aromatic carbocycles. The monoisotopic (exact) mass is 442 g/mol. The molecule has 162 valence electrons. The molecule has 0 spiro atoms. The van der Waals surface area contributed by atoms with Crippen molar-refractivity contribution in [1.82, 2.24) is 19.5 Å². The lowest BCUT2D eigenvalue weighted by atomic mass is 10.1. The number of nitrogens with zero attached hydrogens (tertiary/aromatic N) is 4. The van der Waals surface area contributed by atoms with Crippen LogP contribution in [0.4, 0.5) is 0 Å². The van der Waals surface area contributed by atoms with Crippen LogP contribution in [0.2, 0.25) is 5.02 Å². The number of fused-ring (bicyclic) bond motifs is 3. The summed E-state index contributed by atoms with van der Waals surface area (Å²) in [7, 11) is 0. The van der Waals surface area contributed by atoms with E-state index in [4.69, 9.17) is 26.2 Å². The first kappa shape index (κ1) is 20.2. The van der Waals surface area contributed by atoms with E-state index in [9.17, 15) is 9.90 Å². The van der Waals surface area contributed by atoms with E-state index in [2.05, 4.69) is 4.98 Å². The average Bonchev–Trinajstić information content (AvgIpc) is 3.45. The minimum atomic E-state index is -0.707. The van der Waals surface area contributed by atoms with Gasteiger partial charge in [0.2, 0.25) is 0 Å². The molecule has 2 aliphatic heterocycles. The fourth-order valence-electron chi connectivity index (χ4n) is 4.18. The number of aryl methyl sites for hydroxylation is 2. The minimum absolute atomic E-state index is 0.151. The Bertz CT molecular complexity index is 1180. The van der Waals surface area contributed by atoms with E-state index in [1.807, 2.05) is 13.8 Å². The molecule has 2 aromatic heterocycles. The topological polar surface area (TPSA) is 89.2 Å². The number of hydrogen-bond donors (Lipinski definition) is 1. The summed E-state index contributed by atoms with van der Waals surface area (Å²) < 4.78 is 13.0. The maximum Gasteiger partial charge on any atom is 0.258 e. The molecule has 2 atom stereocenters. The van der Waals surface area contributed by atoms with Crippen molar-refractivity contribution in [3.05, 3.63) is 57.5 Å². The summed E-state index contributed by atoms with van der Waals surface area (Å²) in [6.07, 6.45) is -0.455. The minimum Gasteiger partial charge on any atom is -0.484 e. The second-order valence-corrected chi connectivity index (χ2v) is 8.27. The van der Waals surface area contributed by atoms with Gasteiger partial charge in [0.25, 0.3) is 5.91 Å². The number of amides is 1. The number of benzene rings is 1. The molecule has 8 nitrogen and oxygen atoms in total. The standard InChI is InChI=1S/C22H23ClN4O4/c1-3-16-20(23)12(2)24-21-14-8-26(9-15(14)25-27(16)21)22(29)13-6-4-5-7-18(13)31-19-11-30-10-17(19)28/h4-7,17,19,28H,3,8-11H2,1-2H3/t17-,19-/m0/s1. The first-order valence-corrected chi connectivity index (χ1v) is 10.7. The molecule has 1 saturated heterocycles. The lowest BCUT2D eigenvalue weighted by molar-refractivity contribution is 0.0667. The number of carbonyl (C=O) groups is 1. The van der Waals surface area contributed by atoms with E-state index >= 15 is 0 Å². The highest BCUT2D eigenvalue weighted by Gasteiger charge is 2.33. The van der Waals surface area contributed by atoms with Crippen molar-refractivity contribution in [3.63, 3.8) is 0 Å². The van der Waals surface area contributed by atoms with Crippen LogP contribution in [-0.2, 0) is 24.2 Å². The normalized spacial score (nSPS) is 20.5. The highest BCUT2D eigenvalue weighted by Crippen LogP contribution is 2.32. The zero-order valence-electron chi connectivity index (χ0n) is 17.3. The molecular formula is C22H23ClN4O4. The second kappa shape index (κ2) is 7.78. The maximum absolute atomic E-state index is 13.3. The van der Waals surface area contributed by atoms with Gasteiger partial charge in [-0.15, -0.1) is 0 Å². The summed E-state index contributed by atoms with van der Waals surface area (Å²) in [5.74, 6) is 0.288. The van der Waals surface area contributed by atoms with Crippen LogP contribution < -0.4 is 4.74 Å². The Hall–Kier alpha value is -2.68. The molecule has 0 saturated carbocycles. The molecule has 0 unspecified atom stereocenters. The number of para-hydroxylation sites is 1. The van der Waals surface area contributed by atoms with Crippen molar-refractivity contribution in [3.8, 4) is 5.75 Å². The third-order valence-corrected chi connectivity index (χ3v) is 6.34. The predicted octanol–water partition coefficient (Wildman–Crippen LogP) is 2.55. The Kier molecular flexibility index (Phi) is 5.08. The lowest BCUT2D eigenvalue weighted by Crippen LogP contribution is -2.31. The van der Waals surface area contributed by atoms with Crippen LogP contribution >= 0.6 is 11.6 Å².